The number of carbonyl (C=O) groups excluding carboxylic acids is 1. The van der Waals surface area contributed by atoms with Gasteiger partial charge in [0.2, 0.25) is 0 Å². The van der Waals surface area contributed by atoms with Crippen molar-refractivity contribution in [1.29, 1.82) is 0 Å². The normalized spacial score (nSPS) is 16.3. The van der Waals surface area contributed by atoms with Gasteiger partial charge in [0, 0.05) is 33.4 Å². The van der Waals surface area contributed by atoms with E-state index in [2.05, 4.69) is 10.3 Å². The van der Waals surface area contributed by atoms with Gasteiger partial charge in [-0.15, -0.1) is 0 Å². The lowest BCUT2D eigenvalue weighted by Gasteiger charge is -2.21. The molecule has 0 aromatic carbocycles. The Bertz CT molecular complexity index is 424. The fourth-order valence-corrected chi connectivity index (χ4v) is 2.20. The van der Waals surface area contributed by atoms with E-state index in [0.717, 1.165) is 37.3 Å². The van der Waals surface area contributed by atoms with Gasteiger partial charge in [-0.1, -0.05) is 6.07 Å². The van der Waals surface area contributed by atoms with Crippen LogP contribution in [0.1, 0.15) is 31.4 Å². The topological polar surface area (TPSA) is 48.5 Å². The third-order valence-corrected chi connectivity index (χ3v) is 3.46. The summed E-state index contributed by atoms with van der Waals surface area (Å²) < 4.78 is 0. The van der Waals surface area contributed by atoms with Crippen molar-refractivity contribution in [3.05, 3.63) is 23.9 Å². The van der Waals surface area contributed by atoms with Gasteiger partial charge in [0.05, 0.1) is 6.04 Å². The second-order valence-electron chi connectivity index (χ2n) is 5.21. The summed E-state index contributed by atoms with van der Waals surface area (Å²) in [6.45, 7) is 3.73. The number of nitrogens with one attached hydrogen (secondary N) is 1. The minimum atomic E-state index is -0.0168. The van der Waals surface area contributed by atoms with Gasteiger partial charge in [0.1, 0.15) is 5.82 Å². The van der Waals surface area contributed by atoms with Crippen molar-refractivity contribution in [2.75, 3.05) is 32.1 Å². The number of rotatable bonds is 3. The molecule has 1 aromatic rings. The molecule has 104 valence electrons. The summed E-state index contributed by atoms with van der Waals surface area (Å²) in [4.78, 5) is 20.2. The fraction of sp³-hybridized carbons (Fsp3) is 0.571. The summed E-state index contributed by atoms with van der Waals surface area (Å²) in [5, 5.41) is 3.02. The van der Waals surface area contributed by atoms with Gasteiger partial charge in [-0.2, -0.15) is 0 Å². The Morgan fingerprint density at radius 1 is 1.37 bits per heavy atom. The van der Waals surface area contributed by atoms with Gasteiger partial charge in [-0.3, -0.25) is 0 Å². The predicted molar refractivity (Wildman–Crippen MR) is 76.3 cm³/mol. The highest BCUT2D eigenvalue weighted by Crippen LogP contribution is 2.16. The number of anilines is 1. The Morgan fingerprint density at radius 3 is 2.58 bits per heavy atom. The van der Waals surface area contributed by atoms with Crippen LogP contribution in [-0.4, -0.2) is 43.1 Å². The van der Waals surface area contributed by atoms with E-state index < -0.39 is 0 Å². The summed E-state index contributed by atoms with van der Waals surface area (Å²) in [6.07, 6.45) is 4.05. The molecule has 1 aliphatic rings. The quantitative estimate of drug-likeness (QED) is 0.906. The highest BCUT2D eigenvalue weighted by molar-refractivity contribution is 5.74. The second-order valence-corrected chi connectivity index (χ2v) is 5.21. The van der Waals surface area contributed by atoms with Crippen molar-refractivity contribution < 1.29 is 4.79 Å². The van der Waals surface area contributed by atoms with E-state index in [0.29, 0.717) is 0 Å². The average molecular weight is 262 g/mol. The Morgan fingerprint density at radius 2 is 2.05 bits per heavy atom. The first-order chi connectivity index (χ1) is 9.08. The fourth-order valence-electron chi connectivity index (χ4n) is 2.20. The van der Waals surface area contributed by atoms with E-state index in [1.165, 1.54) is 0 Å². The lowest BCUT2D eigenvalue weighted by atomic mass is 10.1. The summed E-state index contributed by atoms with van der Waals surface area (Å²) in [6, 6.07) is 3.99. The van der Waals surface area contributed by atoms with Crippen LogP contribution in [0.5, 0.6) is 0 Å². The zero-order valence-corrected chi connectivity index (χ0v) is 11.9. The SMILES string of the molecule is CC(NC(=O)N1CCCC1)c1ccc(N(C)C)nc1. The largest absolute Gasteiger partial charge is 0.363 e. The van der Waals surface area contributed by atoms with Gasteiger partial charge in [-0.05, 0) is 31.4 Å². The molecule has 1 unspecified atom stereocenters. The third-order valence-electron chi connectivity index (χ3n) is 3.46. The van der Waals surface area contributed by atoms with Crippen molar-refractivity contribution in [2.24, 2.45) is 0 Å². The maximum Gasteiger partial charge on any atom is 0.317 e. The number of hydrogen-bond donors (Lipinski definition) is 1. The Kier molecular flexibility index (Phi) is 4.24. The molecule has 1 atom stereocenters. The van der Waals surface area contributed by atoms with Crippen LogP contribution in [-0.2, 0) is 0 Å². The third kappa shape index (κ3) is 3.36. The van der Waals surface area contributed by atoms with Gasteiger partial charge in [0.15, 0.2) is 0 Å². The molecule has 5 nitrogen and oxygen atoms in total. The van der Waals surface area contributed by atoms with Crippen molar-refractivity contribution in [3.8, 4) is 0 Å². The summed E-state index contributed by atoms with van der Waals surface area (Å²) in [7, 11) is 3.92. The molecule has 0 radical (unpaired) electrons. The van der Waals surface area contributed by atoms with E-state index >= 15 is 0 Å². The predicted octanol–water partition coefficient (Wildman–Crippen LogP) is 2.01. The van der Waals surface area contributed by atoms with Crippen LogP contribution in [0.4, 0.5) is 10.6 Å². The number of nitrogens with zero attached hydrogens (tertiary/aromatic N) is 3. The Balaban J connectivity index is 1.95. The molecule has 1 N–H and O–H groups in total. The minimum absolute atomic E-state index is 0.0168. The maximum absolute atomic E-state index is 12.0. The lowest BCUT2D eigenvalue weighted by Crippen LogP contribution is -2.39. The van der Waals surface area contributed by atoms with Crippen LogP contribution in [0.15, 0.2) is 18.3 Å². The first-order valence-electron chi connectivity index (χ1n) is 6.76. The molecule has 0 bridgehead atoms. The van der Waals surface area contributed by atoms with Gasteiger partial charge < -0.3 is 15.1 Å². The molecule has 19 heavy (non-hydrogen) atoms. The molecule has 1 aliphatic heterocycles. The van der Waals surface area contributed by atoms with E-state index in [9.17, 15) is 4.79 Å². The van der Waals surface area contributed by atoms with Crippen LogP contribution in [0.25, 0.3) is 0 Å². The number of urea groups is 1. The van der Waals surface area contributed by atoms with Crippen molar-refractivity contribution in [3.63, 3.8) is 0 Å². The molecule has 0 aliphatic carbocycles. The van der Waals surface area contributed by atoms with E-state index in [1.807, 2.05) is 49.1 Å². The molecular formula is C14H22N4O. The molecule has 0 saturated carbocycles. The molecule has 2 heterocycles. The molecular weight excluding hydrogens is 240 g/mol. The van der Waals surface area contributed by atoms with Crippen LogP contribution >= 0.6 is 0 Å². The average Bonchev–Trinajstić information content (AvgIpc) is 2.92. The Labute approximate surface area is 114 Å². The van der Waals surface area contributed by atoms with E-state index in [-0.39, 0.29) is 12.1 Å². The summed E-state index contributed by atoms with van der Waals surface area (Å²) in [5.41, 5.74) is 1.03. The zero-order chi connectivity index (χ0) is 13.8. The van der Waals surface area contributed by atoms with E-state index in [1.54, 1.807) is 0 Å². The van der Waals surface area contributed by atoms with Crippen LogP contribution in [0.2, 0.25) is 0 Å². The summed E-state index contributed by atoms with van der Waals surface area (Å²) >= 11 is 0. The molecule has 1 aromatic heterocycles. The molecule has 5 heteroatoms. The first-order valence-corrected chi connectivity index (χ1v) is 6.76. The maximum atomic E-state index is 12.0. The van der Waals surface area contributed by atoms with Crippen molar-refractivity contribution in [1.82, 2.24) is 15.2 Å². The van der Waals surface area contributed by atoms with Crippen LogP contribution < -0.4 is 10.2 Å². The van der Waals surface area contributed by atoms with Crippen LogP contribution in [0.3, 0.4) is 0 Å². The van der Waals surface area contributed by atoms with Gasteiger partial charge in [-0.25, -0.2) is 9.78 Å². The number of carbonyl (C=O) groups is 1. The summed E-state index contributed by atoms with van der Waals surface area (Å²) in [5.74, 6) is 0.918. The number of aromatic nitrogens is 1. The van der Waals surface area contributed by atoms with Gasteiger partial charge in [0.25, 0.3) is 0 Å². The monoisotopic (exact) mass is 262 g/mol. The number of amides is 2. The molecule has 2 amide bonds. The molecule has 1 fully saturated rings. The second kappa shape index (κ2) is 5.91. The Hall–Kier alpha value is -1.78. The number of pyridine rings is 1. The van der Waals surface area contributed by atoms with Crippen molar-refractivity contribution >= 4 is 11.8 Å². The van der Waals surface area contributed by atoms with Crippen LogP contribution in [0, 0.1) is 0 Å². The zero-order valence-electron chi connectivity index (χ0n) is 11.9. The van der Waals surface area contributed by atoms with Gasteiger partial charge >= 0.3 is 6.03 Å². The van der Waals surface area contributed by atoms with Crippen molar-refractivity contribution in [2.45, 2.75) is 25.8 Å². The number of likely N-dealkylation sites (tertiary alicyclic amines) is 1. The highest BCUT2D eigenvalue weighted by Gasteiger charge is 2.19. The standard InChI is InChI=1S/C14H22N4O/c1-11(16-14(19)18-8-4-5-9-18)12-6-7-13(15-10-12)17(2)3/h6-7,10-11H,4-5,8-9H2,1-3H3,(H,16,19). The van der Waals surface area contributed by atoms with E-state index in [4.69, 9.17) is 0 Å². The molecule has 0 spiro atoms. The molecule has 1 saturated heterocycles. The lowest BCUT2D eigenvalue weighted by molar-refractivity contribution is 0.205. The number of hydrogen-bond acceptors (Lipinski definition) is 3. The first kappa shape index (κ1) is 13.6. The highest BCUT2D eigenvalue weighted by atomic mass is 16.2. The smallest absolute Gasteiger partial charge is 0.317 e. The molecule has 2 rings (SSSR count). The minimum Gasteiger partial charge on any atom is -0.363 e.